The van der Waals surface area contributed by atoms with Crippen molar-refractivity contribution in [3.63, 3.8) is 0 Å². The van der Waals surface area contributed by atoms with E-state index in [4.69, 9.17) is 0 Å². The molecule has 1 aromatic carbocycles. The zero-order chi connectivity index (χ0) is 13.0. The van der Waals surface area contributed by atoms with Crippen molar-refractivity contribution in [1.82, 2.24) is 5.32 Å². The van der Waals surface area contributed by atoms with Gasteiger partial charge in [0.25, 0.3) is 0 Å². The number of rotatable bonds is 5. The zero-order valence-corrected chi connectivity index (χ0v) is 12.1. The van der Waals surface area contributed by atoms with Gasteiger partial charge in [-0.05, 0) is 56.2 Å². The van der Waals surface area contributed by atoms with E-state index >= 15 is 0 Å². The maximum absolute atomic E-state index is 3.64. The molecule has 0 radical (unpaired) electrons. The molecule has 1 saturated carbocycles. The van der Waals surface area contributed by atoms with E-state index < -0.39 is 0 Å². The molecule has 0 saturated heterocycles. The van der Waals surface area contributed by atoms with Crippen LogP contribution in [0.5, 0.6) is 0 Å². The molecule has 100 valence electrons. The van der Waals surface area contributed by atoms with Crippen molar-refractivity contribution in [2.75, 3.05) is 13.1 Å². The van der Waals surface area contributed by atoms with E-state index in [1.54, 1.807) is 5.56 Å². The van der Waals surface area contributed by atoms with Crippen molar-refractivity contribution in [1.29, 1.82) is 0 Å². The second kappa shape index (κ2) is 6.38. The summed E-state index contributed by atoms with van der Waals surface area (Å²) in [6.07, 6.45) is 4.16. The molecule has 1 aliphatic carbocycles. The summed E-state index contributed by atoms with van der Waals surface area (Å²) in [5.74, 6) is 2.38. The normalized spacial score (nSPS) is 23.8. The van der Waals surface area contributed by atoms with Crippen LogP contribution in [0, 0.1) is 18.8 Å². The second-order valence-electron chi connectivity index (χ2n) is 6.26. The lowest BCUT2D eigenvalue weighted by Crippen LogP contribution is -2.27. The summed E-state index contributed by atoms with van der Waals surface area (Å²) in [5, 5.41) is 3.64. The fraction of sp³-hybridized carbons (Fsp3) is 0.647. The SMILES string of the molecule is Cc1ccc(C2CCCC2CNCC(C)C)cc1. The summed E-state index contributed by atoms with van der Waals surface area (Å²) in [6, 6.07) is 9.18. The van der Waals surface area contributed by atoms with Crippen molar-refractivity contribution in [3.8, 4) is 0 Å². The Morgan fingerprint density at radius 2 is 1.89 bits per heavy atom. The highest BCUT2D eigenvalue weighted by atomic mass is 14.9. The Hall–Kier alpha value is -0.820. The van der Waals surface area contributed by atoms with Crippen molar-refractivity contribution in [3.05, 3.63) is 35.4 Å². The number of nitrogens with one attached hydrogen (secondary N) is 1. The van der Waals surface area contributed by atoms with Crippen LogP contribution in [0.3, 0.4) is 0 Å². The van der Waals surface area contributed by atoms with Crippen molar-refractivity contribution in [2.45, 2.75) is 46.0 Å². The molecule has 1 aliphatic rings. The van der Waals surface area contributed by atoms with Gasteiger partial charge in [-0.3, -0.25) is 0 Å². The lowest BCUT2D eigenvalue weighted by atomic mass is 9.88. The van der Waals surface area contributed by atoms with Crippen LogP contribution in [-0.4, -0.2) is 13.1 Å². The third-order valence-electron chi connectivity index (χ3n) is 4.12. The Morgan fingerprint density at radius 1 is 1.17 bits per heavy atom. The van der Waals surface area contributed by atoms with Crippen LogP contribution in [-0.2, 0) is 0 Å². The van der Waals surface area contributed by atoms with Crippen LogP contribution in [0.15, 0.2) is 24.3 Å². The molecule has 1 aromatic rings. The smallest absolute Gasteiger partial charge is 0.00146 e. The van der Waals surface area contributed by atoms with Crippen LogP contribution in [0.2, 0.25) is 0 Å². The maximum atomic E-state index is 3.64. The quantitative estimate of drug-likeness (QED) is 0.822. The van der Waals surface area contributed by atoms with Gasteiger partial charge in [-0.1, -0.05) is 50.1 Å². The summed E-state index contributed by atoms with van der Waals surface area (Å²) in [5.41, 5.74) is 2.92. The van der Waals surface area contributed by atoms with E-state index in [9.17, 15) is 0 Å². The Labute approximate surface area is 112 Å². The summed E-state index contributed by atoms with van der Waals surface area (Å²) in [7, 11) is 0. The molecule has 2 unspecified atom stereocenters. The number of hydrogen-bond donors (Lipinski definition) is 1. The van der Waals surface area contributed by atoms with E-state index in [2.05, 4.69) is 50.4 Å². The monoisotopic (exact) mass is 245 g/mol. The first-order chi connectivity index (χ1) is 8.66. The van der Waals surface area contributed by atoms with E-state index in [1.165, 1.54) is 31.4 Å². The van der Waals surface area contributed by atoms with Crippen LogP contribution in [0.25, 0.3) is 0 Å². The predicted octanol–water partition coefficient (Wildman–Crippen LogP) is 4.12. The molecule has 0 aliphatic heterocycles. The molecule has 0 spiro atoms. The first-order valence-electron chi connectivity index (χ1n) is 7.44. The minimum absolute atomic E-state index is 0.754. The van der Waals surface area contributed by atoms with Gasteiger partial charge in [0.1, 0.15) is 0 Å². The second-order valence-corrected chi connectivity index (χ2v) is 6.26. The van der Waals surface area contributed by atoms with Crippen LogP contribution < -0.4 is 5.32 Å². The fourth-order valence-electron chi connectivity index (χ4n) is 3.09. The first kappa shape index (κ1) is 13.6. The van der Waals surface area contributed by atoms with Gasteiger partial charge < -0.3 is 5.32 Å². The third-order valence-corrected chi connectivity index (χ3v) is 4.12. The van der Waals surface area contributed by atoms with E-state index in [-0.39, 0.29) is 0 Å². The van der Waals surface area contributed by atoms with E-state index in [1.807, 2.05) is 0 Å². The molecular formula is C17H27N. The third kappa shape index (κ3) is 3.58. The fourth-order valence-corrected chi connectivity index (χ4v) is 3.09. The Bertz CT molecular complexity index is 352. The van der Waals surface area contributed by atoms with Gasteiger partial charge in [0.05, 0.1) is 0 Å². The average Bonchev–Trinajstić information content (AvgIpc) is 2.78. The summed E-state index contributed by atoms with van der Waals surface area (Å²) in [4.78, 5) is 0. The highest BCUT2D eigenvalue weighted by Crippen LogP contribution is 2.39. The molecule has 2 rings (SSSR count). The van der Waals surface area contributed by atoms with Crippen LogP contribution in [0.4, 0.5) is 0 Å². The molecule has 2 atom stereocenters. The van der Waals surface area contributed by atoms with Crippen molar-refractivity contribution in [2.24, 2.45) is 11.8 Å². The zero-order valence-electron chi connectivity index (χ0n) is 12.1. The first-order valence-corrected chi connectivity index (χ1v) is 7.44. The topological polar surface area (TPSA) is 12.0 Å². The van der Waals surface area contributed by atoms with Gasteiger partial charge in [-0.2, -0.15) is 0 Å². The highest BCUT2D eigenvalue weighted by molar-refractivity contribution is 5.25. The molecule has 0 aromatic heterocycles. The average molecular weight is 245 g/mol. The minimum atomic E-state index is 0.754. The van der Waals surface area contributed by atoms with Gasteiger partial charge in [-0.25, -0.2) is 0 Å². The number of aryl methyl sites for hydroxylation is 1. The standard InChI is InChI=1S/C17H27N/c1-13(2)11-18-12-16-5-4-6-17(16)15-9-7-14(3)8-10-15/h7-10,13,16-18H,4-6,11-12H2,1-3H3. The van der Waals surface area contributed by atoms with E-state index in [0.29, 0.717) is 0 Å². The van der Waals surface area contributed by atoms with Crippen LogP contribution >= 0.6 is 0 Å². The molecule has 0 amide bonds. The summed E-state index contributed by atoms with van der Waals surface area (Å²) < 4.78 is 0. The Balaban J connectivity index is 1.92. The summed E-state index contributed by atoms with van der Waals surface area (Å²) in [6.45, 7) is 9.06. The highest BCUT2D eigenvalue weighted by Gasteiger charge is 2.27. The molecule has 0 heterocycles. The van der Waals surface area contributed by atoms with Gasteiger partial charge in [0.2, 0.25) is 0 Å². The molecule has 1 heteroatoms. The van der Waals surface area contributed by atoms with Crippen molar-refractivity contribution < 1.29 is 0 Å². The molecule has 1 N–H and O–H groups in total. The van der Waals surface area contributed by atoms with Crippen molar-refractivity contribution >= 4 is 0 Å². The van der Waals surface area contributed by atoms with Gasteiger partial charge in [0.15, 0.2) is 0 Å². The predicted molar refractivity (Wildman–Crippen MR) is 79.0 cm³/mol. The Morgan fingerprint density at radius 3 is 2.56 bits per heavy atom. The summed E-state index contributed by atoms with van der Waals surface area (Å²) >= 11 is 0. The minimum Gasteiger partial charge on any atom is -0.316 e. The molecule has 1 fully saturated rings. The largest absolute Gasteiger partial charge is 0.316 e. The van der Waals surface area contributed by atoms with Gasteiger partial charge in [-0.15, -0.1) is 0 Å². The molecule has 18 heavy (non-hydrogen) atoms. The maximum Gasteiger partial charge on any atom is -0.00146 e. The molecular weight excluding hydrogens is 218 g/mol. The lowest BCUT2D eigenvalue weighted by molar-refractivity contribution is 0.425. The Kier molecular flexibility index (Phi) is 4.82. The molecule has 1 nitrogen and oxygen atoms in total. The van der Waals surface area contributed by atoms with Gasteiger partial charge in [0, 0.05) is 0 Å². The molecule has 0 bridgehead atoms. The lowest BCUT2D eigenvalue weighted by Gasteiger charge is -2.21. The number of hydrogen-bond acceptors (Lipinski definition) is 1. The van der Waals surface area contributed by atoms with Crippen LogP contribution in [0.1, 0.15) is 50.2 Å². The number of benzene rings is 1. The van der Waals surface area contributed by atoms with E-state index in [0.717, 1.165) is 24.3 Å². The van der Waals surface area contributed by atoms with Gasteiger partial charge >= 0.3 is 0 Å².